The van der Waals surface area contributed by atoms with E-state index in [2.05, 4.69) is 20.2 Å². The molecule has 0 unspecified atom stereocenters. The molecule has 0 fully saturated rings. The van der Waals surface area contributed by atoms with Gasteiger partial charge in [0.1, 0.15) is 22.5 Å². The van der Waals surface area contributed by atoms with Crippen LogP contribution in [0.3, 0.4) is 0 Å². The molecule has 5 aromatic rings. The molecule has 0 amide bonds. The van der Waals surface area contributed by atoms with Gasteiger partial charge in [-0.3, -0.25) is 14.8 Å². The van der Waals surface area contributed by atoms with Crippen molar-refractivity contribution in [3.63, 3.8) is 0 Å². The fourth-order valence-corrected chi connectivity index (χ4v) is 3.07. The van der Waals surface area contributed by atoms with E-state index < -0.39 is 22.7 Å². The summed E-state index contributed by atoms with van der Waals surface area (Å²) in [5, 5.41) is 55.7. The van der Waals surface area contributed by atoms with Crippen molar-refractivity contribution in [1.29, 1.82) is 0 Å². The number of pyridine rings is 2. The summed E-state index contributed by atoms with van der Waals surface area (Å²) in [6.07, 6.45) is 6.73. The van der Waals surface area contributed by atoms with E-state index in [1.165, 1.54) is 6.07 Å². The molecule has 0 atom stereocenters. The third-order valence-electron chi connectivity index (χ3n) is 4.78. The monoisotopic (exact) mass is 486 g/mol. The topological polar surface area (TPSA) is 182 Å². The van der Waals surface area contributed by atoms with E-state index in [9.17, 15) is 30.3 Å². The minimum Gasteiger partial charge on any atom is -0.508 e. The van der Waals surface area contributed by atoms with Crippen molar-refractivity contribution < 1.29 is 29.9 Å². The predicted octanol–water partition coefficient (Wildman–Crippen LogP) is 4.88. The Hall–Kier alpha value is -5.45. The van der Waals surface area contributed by atoms with Crippen LogP contribution in [-0.4, -0.2) is 35.5 Å². The van der Waals surface area contributed by atoms with Gasteiger partial charge in [-0.05, 0) is 42.5 Å². The number of fused-ring (bicyclic) bond motifs is 1. The molecule has 11 heteroatoms. The molecule has 0 saturated carbocycles. The summed E-state index contributed by atoms with van der Waals surface area (Å²) in [6, 6.07) is 12.8. The number of hydrogen-bond donors (Lipinski definition) is 5. The van der Waals surface area contributed by atoms with Crippen LogP contribution >= 0.6 is 0 Å². The highest BCUT2D eigenvalue weighted by atomic mass is 16.4. The number of rotatable bonds is 3. The highest BCUT2D eigenvalue weighted by Gasteiger charge is 2.19. The Labute approximate surface area is 202 Å². The van der Waals surface area contributed by atoms with E-state index in [0.29, 0.717) is 0 Å². The Bertz CT molecular complexity index is 1560. The van der Waals surface area contributed by atoms with E-state index in [0.717, 1.165) is 35.6 Å². The Morgan fingerprint density at radius 2 is 1.25 bits per heavy atom. The number of nitrogens with zero attached hydrogens (tertiary/aromatic N) is 4. The lowest BCUT2D eigenvalue weighted by molar-refractivity contribution is 0.403. The van der Waals surface area contributed by atoms with Crippen LogP contribution in [0.15, 0.2) is 98.8 Å². The van der Waals surface area contributed by atoms with Crippen molar-refractivity contribution in [2.24, 2.45) is 10.2 Å². The second-order valence-corrected chi connectivity index (χ2v) is 7.26. The molecule has 0 aliphatic rings. The summed E-state index contributed by atoms with van der Waals surface area (Å²) in [6.45, 7) is 0. The second kappa shape index (κ2) is 10.2. The maximum absolute atomic E-state index is 12.1. The van der Waals surface area contributed by atoms with Crippen LogP contribution in [0.4, 0.5) is 11.4 Å². The number of aromatic hydroxyl groups is 5. The normalized spacial score (nSPS) is 10.8. The molecule has 3 heterocycles. The van der Waals surface area contributed by atoms with Crippen LogP contribution in [0.5, 0.6) is 28.7 Å². The molecule has 0 bridgehead atoms. The highest BCUT2D eigenvalue weighted by Crippen LogP contribution is 2.37. The van der Waals surface area contributed by atoms with E-state index in [4.69, 9.17) is 4.42 Å². The first-order chi connectivity index (χ1) is 17.3. The Morgan fingerprint density at radius 1 is 0.667 bits per heavy atom. The summed E-state index contributed by atoms with van der Waals surface area (Å²) in [5.74, 6) is -2.71. The zero-order chi connectivity index (χ0) is 25.7. The number of phenols is 4. The number of azo groups is 1. The fourth-order valence-electron chi connectivity index (χ4n) is 3.07. The van der Waals surface area contributed by atoms with Crippen LogP contribution in [-0.2, 0) is 0 Å². The van der Waals surface area contributed by atoms with Gasteiger partial charge in [-0.25, -0.2) is 0 Å². The van der Waals surface area contributed by atoms with Crippen molar-refractivity contribution in [3.8, 4) is 40.1 Å². The number of aromatic nitrogens is 2. The van der Waals surface area contributed by atoms with Crippen molar-refractivity contribution >= 4 is 22.3 Å². The number of phenolic OH excluding ortho intramolecular Hbond substituents is 4. The van der Waals surface area contributed by atoms with Gasteiger partial charge in [0, 0.05) is 42.5 Å². The summed E-state index contributed by atoms with van der Waals surface area (Å²) in [7, 11) is 0. The SMILES string of the molecule is O=c1c(O)c(-c2ccc(O)c(O)c2)oc2cc(O)cc(O)c12.c1cc(N=Nc2ccncc2)ccn1. The molecule has 3 aromatic heterocycles. The lowest BCUT2D eigenvalue weighted by Crippen LogP contribution is -2.02. The van der Waals surface area contributed by atoms with Gasteiger partial charge in [-0.1, -0.05) is 0 Å². The Balaban J connectivity index is 0.000000187. The van der Waals surface area contributed by atoms with E-state index in [-0.39, 0.29) is 33.8 Å². The van der Waals surface area contributed by atoms with E-state index >= 15 is 0 Å². The van der Waals surface area contributed by atoms with Crippen LogP contribution < -0.4 is 5.43 Å². The first kappa shape index (κ1) is 23.7. The lowest BCUT2D eigenvalue weighted by atomic mass is 10.1. The summed E-state index contributed by atoms with van der Waals surface area (Å²) >= 11 is 0. The zero-order valence-corrected chi connectivity index (χ0v) is 18.3. The van der Waals surface area contributed by atoms with Gasteiger partial charge < -0.3 is 29.9 Å². The Kier molecular flexibility index (Phi) is 6.73. The average Bonchev–Trinajstić information content (AvgIpc) is 2.88. The molecular formula is C25H18N4O7. The summed E-state index contributed by atoms with van der Waals surface area (Å²) in [5.41, 5.74) is 0.687. The number of hydrogen-bond acceptors (Lipinski definition) is 11. The fraction of sp³-hybridized carbons (Fsp3) is 0. The molecule has 0 saturated heterocycles. The molecule has 5 rings (SSSR count). The molecule has 0 spiro atoms. The first-order valence-corrected chi connectivity index (χ1v) is 10.3. The van der Waals surface area contributed by atoms with Crippen LogP contribution in [0.25, 0.3) is 22.3 Å². The molecular weight excluding hydrogens is 468 g/mol. The number of benzene rings is 2. The van der Waals surface area contributed by atoms with Gasteiger partial charge in [0.2, 0.25) is 11.2 Å². The molecule has 2 aromatic carbocycles. The lowest BCUT2D eigenvalue weighted by Gasteiger charge is -2.08. The van der Waals surface area contributed by atoms with Crippen LogP contribution in [0, 0.1) is 0 Å². The van der Waals surface area contributed by atoms with Gasteiger partial charge in [-0.2, -0.15) is 10.2 Å². The van der Waals surface area contributed by atoms with E-state index in [1.807, 2.05) is 0 Å². The smallest absolute Gasteiger partial charge is 0.238 e. The van der Waals surface area contributed by atoms with E-state index in [1.54, 1.807) is 49.1 Å². The van der Waals surface area contributed by atoms with Crippen LogP contribution in [0.2, 0.25) is 0 Å². The van der Waals surface area contributed by atoms with Gasteiger partial charge in [0.05, 0.1) is 11.4 Å². The molecule has 36 heavy (non-hydrogen) atoms. The summed E-state index contributed by atoms with van der Waals surface area (Å²) in [4.78, 5) is 19.9. The first-order valence-electron chi connectivity index (χ1n) is 10.3. The largest absolute Gasteiger partial charge is 0.508 e. The van der Waals surface area contributed by atoms with Gasteiger partial charge >= 0.3 is 0 Å². The third kappa shape index (κ3) is 5.20. The summed E-state index contributed by atoms with van der Waals surface area (Å²) < 4.78 is 5.35. The molecule has 11 nitrogen and oxygen atoms in total. The zero-order valence-electron chi connectivity index (χ0n) is 18.3. The van der Waals surface area contributed by atoms with Crippen molar-refractivity contribution in [1.82, 2.24) is 9.97 Å². The molecule has 0 aliphatic carbocycles. The maximum Gasteiger partial charge on any atom is 0.238 e. The average molecular weight is 486 g/mol. The molecule has 0 radical (unpaired) electrons. The van der Waals surface area contributed by atoms with Crippen molar-refractivity contribution in [3.05, 3.63) is 89.6 Å². The van der Waals surface area contributed by atoms with Gasteiger partial charge in [0.25, 0.3) is 0 Å². The molecule has 180 valence electrons. The third-order valence-corrected chi connectivity index (χ3v) is 4.78. The van der Waals surface area contributed by atoms with Crippen molar-refractivity contribution in [2.75, 3.05) is 0 Å². The standard InChI is InChI=1S/C15H10O7.C10H8N4/c16-7-4-10(19)12-11(5-7)22-15(14(21)13(12)20)6-1-2-8(17)9(18)3-6;1-5-11-6-2-9(1)13-14-10-3-7-12-8-4-10/h1-5,16-19,21H;1-8H. The molecule has 5 N–H and O–H groups in total. The van der Waals surface area contributed by atoms with Crippen molar-refractivity contribution in [2.45, 2.75) is 0 Å². The predicted molar refractivity (Wildman–Crippen MR) is 129 cm³/mol. The second-order valence-electron chi connectivity index (χ2n) is 7.26. The van der Waals surface area contributed by atoms with Gasteiger partial charge in [-0.15, -0.1) is 0 Å². The quantitative estimate of drug-likeness (QED) is 0.175. The maximum atomic E-state index is 12.1. The minimum absolute atomic E-state index is 0.134. The van der Waals surface area contributed by atoms with Gasteiger partial charge in [0.15, 0.2) is 17.3 Å². The highest BCUT2D eigenvalue weighted by molar-refractivity contribution is 5.88. The van der Waals surface area contributed by atoms with Crippen LogP contribution in [0.1, 0.15) is 0 Å². The molecule has 0 aliphatic heterocycles. The minimum atomic E-state index is -0.888. The Morgan fingerprint density at radius 3 is 1.81 bits per heavy atom.